The number of hydrogen-bond acceptors (Lipinski definition) is 2. The number of carboxylic acids is 1. The maximum atomic E-state index is 13.2. The number of carbonyl (C=O) groups is 2. The summed E-state index contributed by atoms with van der Waals surface area (Å²) in [4.78, 5) is 23.1. The molecule has 0 spiro atoms. The molecular weight excluding hydrogens is 249 g/mol. The van der Waals surface area contributed by atoms with Crippen molar-refractivity contribution in [2.24, 2.45) is 0 Å². The van der Waals surface area contributed by atoms with Crippen LogP contribution in [0.15, 0.2) is 24.3 Å². The third kappa shape index (κ3) is 3.53. The van der Waals surface area contributed by atoms with Crippen LogP contribution in [0.3, 0.4) is 0 Å². The van der Waals surface area contributed by atoms with E-state index in [-0.39, 0.29) is 0 Å². The lowest BCUT2D eigenvalue weighted by Gasteiger charge is -2.26. The maximum absolute atomic E-state index is 13.2. The number of rotatable bonds is 5. The van der Waals surface area contributed by atoms with Crippen LogP contribution in [0.4, 0.5) is 4.39 Å². The summed E-state index contributed by atoms with van der Waals surface area (Å²) < 4.78 is 13.2. The van der Waals surface area contributed by atoms with Gasteiger partial charge in [-0.2, -0.15) is 0 Å². The van der Waals surface area contributed by atoms with Gasteiger partial charge in [0.05, 0.1) is 5.41 Å². The van der Waals surface area contributed by atoms with Crippen LogP contribution >= 0.6 is 0 Å². The molecule has 1 amide bonds. The molecular formula is C14H18FNO3. The first-order chi connectivity index (χ1) is 8.78. The fourth-order valence-electron chi connectivity index (χ4n) is 1.69. The molecule has 0 saturated carbocycles. The molecule has 1 atom stereocenters. The number of carboxylic acid groups (broad SMARTS) is 1. The van der Waals surface area contributed by atoms with Crippen LogP contribution in [0.1, 0.15) is 32.8 Å². The molecule has 0 saturated heterocycles. The zero-order valence-electron chi connectivity index (χ0n) is 11.2. The molecule has 0 aliphatic heterocycles. The van der Waals surface area contributed by atoms with Gasteiger partial charge in [-0.05, 0) is 38.0 Å². The van der Waals surface area contributed by atoms with E-state index in [1.807, 2.05) is 0 Å². The molecule has 1 unspecified atom stereocenters. The molecule has 0 aliphatic rings. The van der Waals surface area contributed by atoms with Crippen molar-refractivity contribution in [3.05, 3.63) is 35.6 Å². The van der Waals surface area contributed by atoms with E-state index in [2.05, 4.69) is 5.32 Å². The van der Waals surface area contributed by atoms with Crippen LogP contribution < -0.4 is 5.32 Å². The van der Waals surface area contributed by atoms with Gasteiger partial charge in [0.1, 0.15) is 11.9 Å². The first kappa shape index (κ1) is 15.1. The van der Waals surface area contributed by atoms with Crippen molar-refractivity contribution in [2.75, 3.05) is 0 Å². The largest absolute Gasteiger partial charge is 0.480 e. The van der Waals surface area contributed by atoms with Crippen molar-refractivity contribution in [2.45, 2.75) is 38.6 Å². The van der Waals surface area contributed by atoms with Crippen LogP contribution in [-0.2, 0) is 15.0 Å². The molecule has 0 fully saturated rings. The molecule has 0 heterocycles. The minimum absolute atomic E-state index is 0.292. The predicted octanol–water partition coefficient (Wildman–Crippen LogP) is 2.08. The highest BCUT2D eigenvalue weighted by Crippen LogP contribution is 2.24. The summed E-state index contributed by atoms with van der Waals surface area (Å²) in [6, 6.07) is 4.81. The van der Waals surface area contributed by atoms with Gasteiger partial charge in [0.2, 0.25) is 5.91 Å². The first-order valence-corrected chi connectivity index (χ1v) is 6.08. The van der Waals surface area contributed by atoms with E-state index < -0.39 is 29.2 Å². The normalized spacial score (nSPS) is 12.8. The average Bonchev–Trinajstić information content (AvgIpc) is 2.35. The summed E-state index contributed by atoms with van der Waals surface area (Å²) in [7, 11) is 0. The monoisotopic (exact) mass is 267 g/mol. The maximum Gasteiger partial charge on any atom is 0.326 e. The molecule has 1 aromatic rings. The third-order valence-corrected chi connectivity index (χ3v) is 3.13. The highest BCUT2D eigenvalue weighted by molar-refractivity contribution is 5.90. The molecule has 0 aliphatic carbocycles. The number of hydrogen-bond donors (Lipinski definition) is 2. The summed E-state index contributed by atoms with van der Waals surface area (Å²) in [6.07, 6.45) is 0.292. The number of aliphatic carboxylic acids is 1. The van der Waals surface area contributed by atoms with E-state index in [1.165, 1.54) is 18.2 Å². The second kappa shape index (κ2) is 5.82. The van der Waals surface area contributed by atoms with Crippen LogP contribution in [0.2, 0.25) is 0 Å². The average molecular weight is 267 g/mol. The van der Waals surface area contributed by atoms with E-state index in [9.17, 15) is 14.0 Å². The third-order valence-electron chi connectivity index (χ3n) is 3.13. The summed E-state index contributed by atoms with van der Waals surface area (Å²) in [5, 5.41) is 11.4. The zero-order valence-corrected chi connectivity index (χ0v) is 11.2. The second-order valence-corrected chi connectivity index (χ2v) is 4.91. The van der Waals surface area contributed by atoms with Crippen LogP contribution in [0.5, 0.6) is 0 Å². The number of carbonyl (C=O) groups excluding carboxylic acids is 1. The Bertz CT molecular complexity index is 485. The van der Waals surface area contributed by atoms with Crippen LogP contribution in [-0.4, -0.2) is 23.0 Å². The molecule has 5 heteroatoms. The van der Waals surface area contributed by atoms with Gasteiger partial charge < -0.3 is 10.4 Å². The van der Waals surface area contributed by atoms with Gasteiger partial charge >= 0.3 is 5.97 Å². The van der Waals surface area contributed by atoms with E-state index in [0.29, 0.717) is 12.0 Å². The van der Waals surface area contributed by atoms with Gasteiger partial charge in [-0.15, -0.1) is 0 Å². The van der Waals surface area contributed by atoms with Gasteiger partial charge in [0.25, 0.3) is 0 Å². The Labute approximate surface area is 111 Å². The predicted molar refractivity (Wildman–Crippen MR) is 69.3 cm³/mol. The SMILES string of the molecule is CCC(NC(=O)C(C)(C)c1cccc(F)c1)C(=O)O. The lowest BCUT2D eigenvalue weighted by Crippen LogP contribution is -2.48. The van der Waals surface area contributed by atoms with Crippen LogP contribution in [0, 0.1) is 5.82 Å². The van der Waals surface area contributed by atoms with Gasteiger partial charge in [-0.25, -0.2) is 9.18 Å². The Morgan fingerprint density at radius 3 is 2.53 bits per heavy atom. The van der Waals surface area contributed by atoms with Crippen molar-refractivity contribution in [3.63, 3.8) is 0 Å². The summed E-state index contributed by atoms with van der Waals surface area (Å²) in [5.41, 5.74) is -0.490. The summed E-state index contributed by atoms with van der Waals surface area (Å²) in [6.45, 7) is 4.94. The van der Waals surface area contributed by atoms with Gasteiger partial charge in [0.15, 0.2) is 0 Å². The molecule has 0 radical (unpaired) electrons. The topological polar surface area (TPSA) is 66.4 Å². The lowest BCUT2D eigenvalue weighted by molar-refractivity contribution is -0.142. The lowest BCUT2D eigenvalue weighted by atomic mass is 9.83. The van der Waals surface area contributed by atoms with E-state index in [0.717, 1.165) is 0 Å². The first-order valence-electron chi connectivity index (χ1n) is 6.08. The number of amides is 1. The van der Waals surface area contributed by atoms with Crippen molar-refractivity contribution in [3.8, 4) is 0 Å². The molecule has 104 valence electrons. The highest BCUT2D eigenvalue weighted by Gasteiger charge is 2.32. The van der Waals surface area contributed by atoms with Crippen molar-refractivity contribution < 1.29 is 19.1 Å². The molecule has 1 aromatic carbocycles. The highest BCUT2D eigenvalue weighted by atomic mass is 19.1. The van der Waals surface area contributed by atoms with Gasteiger partial charge in [0, 0.05) is 0 Å². The molecule has 19 heavy (non-hydrogen) atoms. The fraction of sp³-hybridized carbons (Fsp3) is 0.429. The summed E-state index contributed by atoms with van der Waals surface area (Å²) >= 11 is 0. The van der Waals surface area contributed by atoms with Gasteiger partial charge in [-0.3, -0.25) is 4.79 Å². The smallest absolute Gasteiger partial charge is 0.326 e. The van der Waals surface area contributed by atoms with Crippen molar-refractivity contribution >= 4 is 11.9 Å². The second-order valence-electron chi connectivity index (χ2n) is 4.91. The Morgan fingerprint density at radius 2 is 2.05 bits per heavy atom. The Kier molecular flexibility index (Phi) is 4.64. The van der Waals surface area contributed by atoms with Crippen LogP contribution in [0.25, 0.3) is 0 Å². The number of benzene rings is 1. The van der Waals surface area contributed by atoms with Gasteiger partial charge in [-0.1, -0.05) is 19.1 Å². The number of halogens is 1. The molecule has 0 bridgehead atoms. The minimum Gasteiger partial charge on any atom is -0.480 e. The minimum atomic E-state index is -1.08. The van der Waals surface area contributed by atoms with E-state index in [1.54, 1.807) is 26.8 Å². The summed E-state index contributed by atoms with van der Waals surface area (Å²) in [5.74, 6) is -1.94. The molecule has 4 nitrogen and oxygen atoms in total. The molecule has 1 rings (SSSR count). The molecule has 0 aromatic heterocycles. The Hall–Kier alpha value is -1.91. The standard InChI is InChI=1S/C14H18FNO3/c1-4-11(12(17)18)16-13(19)14(2,3)9-6-5-7-10(15)8-9/h5-8,11H,4H2,1-3H3,(H,16,19)(H,17,18). The zero-order chi connectivity index (χ0) is 14.6. The van der Waals surface area contributed by atoms with E-state index >= 15 is 0 Å². The fourth-order valence-corrected chi connectivity index (χ4v) is 1.69. The Balaban J connectivity index is 2.93. The van der Waals surface area contributed by atoms with Crippen molar-refractivity contribution in [1.82, 2.24) is 5.32 Å². The quantitative estimate of drug-likeness (QED) is 0.858. The molecule has 2 N–H and O–H groups in total. The van der Waals surface area contributed by atoms with Crippen molar-refractivity contribution in [1.29, 1.82) is 0 Å². The Morgan fingerprint density at radius 1 is 1.42 bits per heavy atom. The number of nitrogens with one attached hydrogen (secondary N) is 1. The van der Waals surface area contributed by atoms with E-state index in [4.69, 9.17) is 5.11 Å².